The second kappa shape index (κ2) is 8.44. The molecule has 3 fully saturated rings. The van der Waals surface area contributed by atoms with Crippen molar-refractivity contribution in [3.8, 4) is 0 Å². The molecule has 0 aromatic rings. The second-order valence-corrected chi connectivity index (χ2v) is 12.4. The molecule has 1 unspecified atom stereocenters. The summed E-state index contributed by atoms with van der Waals surface area (Å²) >= 11 is 0. The zero-order valence-corrected chi connectivity index (χ0v) is 21.2. The number of aliphatic hydroxyl groups excluding tert-OH is 1. The average molecular weight is 433 g/mol. The fourth-order valence-corrected chi connectivity index (χ4v) is 9.22. The number of rotatable bonds is 6. The number of ether oxygens (including phenoxy) is 2. The molecule has 0 spiro atoms. The van der Waals surface area contributed by atoms with Gasteiger partial charge in [-0.2, -0.15) is 0 Å². The first-order valence-corrected chi connectivity index (χ1v) is 13.2. The van der Waals surface area contributed by atoms with Gasteiger partial charge in [0.1, 0.15) is 0 Å². The highest BCUT2D eigenvalue weighted by Crippen LogP contribution is 2.69. The monoisotopic (exact) mass is 432 g/mol. The first-order valence-electron chi connectivity index (χ1n) is 13.2. The maximum atomic E-state index is 9.88. The first kappa shape index (κ1) is 23.8. The molecule has 0 aliphatic heterocycles. The zero-order valence-electron chi connectivity index (χ0n) is 21.2. The lowest BCUT2D eigenvalue weighted by Gasteiger charge is -2.61. The minimum Gasteiger partial charge on any atom is -0.396 e. The van der Waals surface area contributed by atoms with E-state index in [1.54, 1.807) is 5.57 Å². The molecule has 0 aromatic carbocycles. The standard InChI is InChI=1S/C28H48O3/c1-8-30-19(3)31-25-14-16-28(7)23-13-15-27(6)21(18(2)17-29)10-11-22(27)20(23)9-12-24(28)26(25,4)5/h12,18-23,25,29H,8-11,13-17H2,1-7H3/t18-,19?,20+,21-,22+,23+,25+,27-,28-/m1/s1. The Hall–Kier alpha value is -0.380. The zero-order chi connectivity index (χ0) is 22.6. The molecule has 4 rings (SSSR count). The van der Waals surface area contributed by atoms with Crippen LogP contribution < -0.4 is 0 Å². The van der Waals surface area contributed by atoms with E-state index in [-0.39, 0.29) is 17.8 Å². The maximum Gasteiger partial charge on any atom is 0.155 e. The molecule has 31 heavy (non-hydrogen) atoms. The Labute approximate surface area is 191 Å². The smallest absolute Gasteiger partial charge is 0.155 e. The van der Waals surface area contributed by atoms with E-state index < -0.39 is 0 Å². The van der Waals surface area contributed by atoms with Crippen molar-refractivity contribution >= 4 is 0 Å². The second-order valence-electron chi connectivity index (χ2n) is 12.4. The number of allylic oxidation sites excluding steroid dienone is 1. The minimum absolute atomic E-state index is 0.0632. The number of fused-ring (bicyclic) bond motifs is 5. The predicted molar refractivity (Wildman–Crippen MR) is 127 cm³/mol. The molecule has 1 N–H and O–H groups in total. The Morgan fingerprint density at radius 1 is 1.03 bits per heavy atom. The summed E-state index contributed by atoms with van der Waals surface area (Å²) in [6, 6.07) is 0. The van der Waals surface area contributed by atoms with E-state index in [9.17, 15) is 5.11 Å². The third-order valence-corrected chi connectivity index (χ3v) is 10.7. The maximum absolute atomic E-state index is 9.88. The predicted octanol–water partition coefficient (Wildman–Crippen LogP) is 6.60. The highest BCUT2D eigenvalue weighted by molar-refractivity contribution is 5.31. The van der Waals surface area contributed by atoms with Crippen molar-refractivity contribution in [2.45, 2.75) is 106 Å². The summed E-state index contributed by atoms with van der Waals surface area (Å²) in [6.07, 6.45) is 11.8. The van der Waals surface area contributed by atoms with Gasteiger partial charge in [-0.15, -0.1) is 0 Å². The van der Waals surface area contributed by atoms with Crippen LogP contribution in [0.25, 0.3) is 0 Å². The van der Waals surface area contributed by atoms with Gasteiger partial charge in [0.05, 0.1) is 6.10 Å². The molecular formula is C28H48O3. The quantitative estimate of drug-likeness (QED) is 0.380. The van der Waals surface area contributed by atoms with Crippen molar-refractivity contribution in [3.05, 3.63) is 11.6 Å². The normalized spacial score (nSPS) is 45.8. The Kier molecular flexibility index (Phi) is 6.47. The van der Waals surface area contributed by atoms with Crippen LogP contribution in [-0.4, -0.2) is 30.7 Å². The molecule has 0 radical (unpaired) electrons. The van der Waals surface area contributed by atoms with Crippen LogP contribution in [0.5, 0.6) is 0 Å². The molecule has 0 heterocycles. The first-order chi connectivity index (χ1) is 14.6. The van der Waals surface area contributed by atoms with Crippen LogP contribution in [-0.2, 0) is 9.47 Å². The SMILES string of the molecule is CCOC(C)O[C@H]1CC[C@@]2(C)C(=CC[C@H]3[C@@H]4CC[C@H]([C@H](C)CO)[C@@]4(C)CC[C@@H]32)C1(C)C. The molecule has 3 heteroatoms. The largest absolute Gasteiger partial charge is 0.396 e. The Morgan fingerprint density at radius 2 is 1.77 bits per heavy atom. The minimum atomic E-state index is -0.130. The summed E-state index contributed by atoms with van der Waals surface area (Å²) in [5, 5.41) is 9.88. The van der Waals surface area contributed by atoms with Crippen LogP contribution >= 0.6 is 0 Å². The molecule has 178 valence electrons. The van der Waals surface area contributed by atoms with Crippen molar-refractivity contribution in [1.82, 2.24) is 0 Å². The molecule has 3 nitrogen and oxygen atoms in total. The van der Waals surface area contributed by atoms with Crippen LogP contribution in [0.4, 0.5) is 0 Å². The lowest BCUT2D eigenvalue weighted by molar-refractivity contribution is -0.193. The van der Waals surface area contributed by atoms with E-state index in [1.165, 1.54) is 38.5 Å². The van der Waals surface area contributed by atoms with Crippen molar-refractivity contribution in [1.29, 1.82) is 0 Å². The molecule has 3 saturated carbocycles. The van der Waals surface area contributed by atoms with Crippen LogP contribution in [0.1, 0.15) is 93.4 Å². The van der Waals surface area contributed by atoms with Gasteiger partial charge in [0.15, 0.2) is 6.29 Å². The summed E-state index contributed by atoms with van der Waals surface area (Å²) in [5.41, 5.74) is 2.47. The van der Waals surface area contributed by atoms with Gasteiger partial charge in [-0.05, 0) is 99.2 Å². The van der Waals surface area contributed by atoms with Crippen molar-refractivity contribution < 1.29 is 14.6 Å². The summed E-state index contributed by atoms with van der Waals surface area (Å²) in [5.74, 6) is 3.59. The lowest BCUT2D eigenvalue weighted by Crippen LogP contribution is -2.55. The van der Waals surface area contributed by atoms with Crippen LogP contribution in [0.3, 0.4) is 0 Å². The molecule has 4 aliphatic rings. The van der Waals surface area contributed by atoms with Gasteiger partial charge in [0.2, 0.25) is 0 Å². The number of aliphatic hydroxyl groups is 1. The van der Waals surface area contributed by atoms with Crippen LogP contribution in [0.2, 0.25) is 0 Å². The van der Waals surface area contributed by atoms with E-state index in [0.29, 0.717) is 35.9 Å². The van der Waals surface area contributed by atoms with Gasteiger partial charge in [-0.1, -0.05) is 46.3 Å². The molecule has 4 aliphatic carbocycles. The fourth-order valence-electron chi connectivity index (χ4n) is 9.22. The molecule has 0 amide bonds. The lowest BCUT2D eigenvalue weighted by atomic mass is 9.44. The van der Waals surface area contributed by atoms with E-state index >= 15 is 0 Å². The Balaban J connectivity index is 1.59. The number of hydrogen-bond acceptors (Lipinski definition) is 3. The van der Waals surface area contributed by atoms with E-state index in [2.05, 4.69) is 40.7 Å². The van der Waals surface area contributed by atoms with E-state index in [0.717, 1.165) is 24.2 Å². The van der Waals surface area contributed by atoms with Crippen molar-refractivity contribution in [2.75, 3.05) is 13.2 Å². The number of hydrogen-bond donors (Lipinski definition) is 1. The average Bonchev–Trinajstić information content (AvgIpc) is 3.07. The van der Waals surface area contributed by atoms with Gasteiger partial charge >= 0.3 is 0 Å². The van der Waals surface area contributed by atoms with E-state index in [1.807, 2.05) is 13.8 Å². The molecule has 0 saturated heterocycles. The highest BCUT2D eigenvalue weighted by Gasteiger charge is 2.61. The van der Waals surface area contributed by atoms with E-state index in [4.69, 9.17) is 9.47 Å². The van der Waals surface area contributed by atoms with Crippen molar-refractivity contribution in [2.24, 2.45) is 45.8 Å². The molecule has 9 atom stereocenters. The van der Waals surface area contributed by atoms with Crippen molar-refractivity contribution in [3.63, 3.8) is 0 Å². The topological polar surface area (TPSA) is 38.7 Å². The Bertz CT molecular complexity index is 684. The van der Waals surface area contributed by atoms with Gasteiger partial charge in [-0.25, -0.2) is 0 Å². The summed E-state index contributed by atoms with van der Waals surface area (Å²) in [4.78, 5) is 0. The summed E-state index contributed by atoms with van der Waals surface area (Å²) < 4.78 is 12.2. The van der Waals surface area contributed by atoms with Gasteiger partial charge in [0, 0.05) is 18.6 Å². The van der Waals surface area contributed by atoms with Gasteiger partial charge in [-0.3, -0.25) is 0 Å². The molecular weight excluding hydrogens is 384 g/mol. The third kappa shape index (κ3) is 3.66. The fraction of sp³-hybridized carbons (Fsp3) is 0.929. The van der Waals surface area contributed by atoms with Crippen LogP contribution in [0, 0.1) is 45.8 Å². The van der Waals surface area contributed by atoms with Crippen LogP contribution in [0.15, 0.2) is 11.6 Å². The Morgan fingerprint density at radius 3 is 2.45 bits per heavy atom. The van der Waals surface area contributed by atoms with Gasteiger partial charge in [0.25, 0.3) is 0 Å². The summed E-state index contributed by atoms with van der Waals surface area (Å²) in [6.45, 7) is 17.4. The third-order valence-electron chi connectivity index (χ3n) is 10.7. The highest BCUT2D eigenvalue weighted by atomic mass is 16.7. The summed E-state index contributed by atoms with van der Waals surface area (Å²) in [7, 11) is 0. The molecule has 0 aromatic heterocycles. The molecule has 0 bridgehead atoms. The van der Waals surface area contributed by atoms with Gasteiger partial charge < -0.3 is 14.6 Å².